The summed E-state index contributed by atoms with van der Waals surface area (Å²) in [6.07, 6.45) is 6.26. The van der Waals surface area contributed by atoms with Crippen molar-refractivity contribution >= 4 is 22.5 Å². The Balaban J connectivity index is 1.46. The summed E-state index contributed by atoms with van der Waals surface area (Å²) in [5.74, 6) is 0.0799. The number of nitrogens with zero attached hydrogens (tertiary/aromatic N) is 3. The lowest BCUT2D eigenvalue weighted by molar-refractivity contribution is 0.0792. The van der Waals surface area contributed by atoms with Crippen molar-refractivity contribution in [1.82, 2.24) is 14.9 Å². The van der Waals surface area contributed by atoms with E-state index < -0.39 is 0 Å². The van der Waals surface area contributed by atoms with E-state index in [1.807, 2.05) is 47.4 Å². The van der Waals surface area contributed by atoms with Gasteiger partial charge in [-0.1, -0.05) is 6.07 Å². The molecule has 3 heterocycles. The minimum absolute atomic E-state index is 0.0799. The molecule has 1 amide bonds. The van der Waals surface area contributed by atoms with Crippen molar-refractivity contribution in [2.45, 2.75) is 12.5 Å². The first-order valence-corrected chi connectivity index (χ1v) is 8.10. The molecule has 0 unspecified atom stereocenters. The molecule has 0 radical (unpaired) electrons. The summed E-state index contributed by atoms with van der Waals surface area (Å²) in [4.78, 5) is 23.1. The highest BCUT2D eigenvalue weighted by atomic mass is 16.2. The Morgan fingerprint density at radius 2 is 2.08 bits per heavy atom. The Morgan fingerprint density at radius 3 is 2.96 bits per heavy atom. The molecular formula is C19H18N4O. The summed E-state index contributed by atoms with van der Waals surface area (Å²) in [7, 11) is 0. The van der Waals surface area contributed by atoms with Crippen LogP contribution in [0, 0.1) is 0 Å². The summed E-state index contributed by atoms with van der Waals surface area (Å²) in [5, 5.41) is 4.43. The van der Waals surface area contributed by atoms with E-state index in [1.165, 1.54) is 0 Å². The molecule has 2 aromatic heterocycles. The van der Waals surface area contributed by atoms with Crippen molar-refractivity contribution < 1.29 is 4.79 Å². The summed E-state index contributed by atoms with van der Waals surface area (Å²) >= 11 is 0. The fourth-order valence-electron chi connectivity index (χ4n) is 3.14. The lowest BCUT2D eigenvalue weighted by Crippen LogP contribution is -2.31. The summed E-state index contributed by atoms with van der Waals surface area (Å²) in [6, 6.07) is 13.7. The van der Waals surface area contributed by atoms with Crippen LogP contribution in [0.4, 0.5) is 5.69 Å². The topological polar surface area (TPSA) is 58.1 Å². The van der Waals surface area contributed by atoms with Crippen molar-refractivity contribution in [2.24, 2.45) is 0 Å². The van der Waals surface area contributed by atoms with E-state index in [1.54, 1.807) is 18.6 Å². The predicted molar refractivity (Wildman–Crippen MR) is 93.9 cm³/mol. The van der Waals surface area contributed by atoms with Gasteiger partial charge >= 0.3 is 0 Å². The molecular weight excluding hydrogens is 300 g/mol. The molecule has 1 saturated heterocycles. The Bertz CT molecular complexity index is 865. The monoisotopic (exact) mass is 318 g/mol. The van der Waals surface area contributed by atoms with Crippen LogP contribution in [-0.4, -0.2) is 39.9 Å². The Morgan fingerprint density at radius 1 is 1.17 bits per heavy atom. The maximum atomic E-state index is 12.8. The summed E-state index contributed by atoms with van der Waals surface area (Å²) in [6.45, 7) is 1.47. The second-order valence-electron chi connectivity index (χ2n) is 6.03. The fraction of sp³-hybridized carbons (Fsp3) is 0.211. The molecule has 1 aliphatic heterocycles. The van der Waals surface area contributed by atoms with Gasteiger partial charge in [0.05, 0.1) is 11.2 Å². The molecule has 0 aliphatic carbocycles. The third kappa shape index (κ3) is 2.93. The normalized spacial score (nSPS) is 17.2. The molecule has 5 nitrogen and oxygen atoms in total. The fourth-order valence-corrected chi connectivity index (χ4v) is 3.14. The second kappa shape index (κ2) is 6.28. The van der Waals surface area contributed by atoms with Gasteiger partial charge in [-0.05, 0) is 42.8 Å². The largest absolute Gasteiger partial charge is 0.379 e. The summed E-state index contributed by atoms with van der Waals surface area (Å²) in [5.41, 5.74) is 2.62. The zero-order valence-electron chi connectivity index (χ0n) is 13.2. The van der Waals surface area contributed by atoms with Crippen LogP contribution in [0.2, 0.25) is 0 Å². The van der Waals surface area contributed by atoms with Crippen LogP contribution in [0.25, 0.3) is 10.9 Å². The van der Waals surface area contributed by atoms with Gasteiger partial charge in [-0.15, -0.1) is 0 Å². The quantitative estimate of drug-likeness (QED) is 0.806. The van der Waals surface area contributed by atoms with Gasteiger partial charge in [0.15, 0.2) is 0 Å². The number of rotatable bonds is 3. The van der Waals surface area contributed by atoms with Gasteiger partial charge in [0.1, 0.15) is 0 Å². The van der Waals surface area contributed by atoms with E-state index >= 15 is 0 Å². The SMILES string of the molecule is O=C(c1ccc2ncccc2c1)N1CC[C@@H](Nc2cccnc2)C1. The highest BCUT2D eigenvalue weighted by Crippen LogP contribution is 2.19. The molecule has 24 heavy (non-hydrogen) atoms. The maximum absolute atomic E-state index is 12.8. The van der Waals surface area contributed by atoms with E-state index in [-0.39, 0.29) is 11.9 Å². The zero-order chi connectivity index (χ0) is 16.4. The average Bonchev–Trinajstić information content (AvgIpc) is 3.10. The number of anilines is 1. The molecule has 1 aromatic carbocycles. The second-order valence-corrected chi connectivity index (χ2v) is 6.03. The van der Waals surface area contributed by atoms with E-state index in [0.29, 0.717) is 6.54 Å². The molecule has 1 aliphatic rings. The molecule has 1 fully saturated rings. The highest BCUT2D eigenvalue weighted by Gasteiger charge is 2.27. The van der Waals surface area contributed by atoms with Crippen molar-refractivity contribution in [3.8, 4) is 0 Å². The number of benzene rings is 1. The van der Waals surface area contributed by atoms with Crippen molar-refractivity contribution in [3.05, 3.63) is 66.6 Å². The Hall–Kier alpha value is -2.95. The van der Waals surface area contributed by atoms with E-state index in [0.717, 1.165) is 35.1 Å². The first-order chi connectivity index (χ1) is 11.8. The lowest BCUT2D eigenvalue weighted by Gasteiger charge is -2.18. The van der Waals surface area contributed by atoms with Crippen LogP contribution < -0.4 is 5.32 Å². The van der Waals surface area contributed by atoms with Crippen LogP contribution in [0.1, 0.15) is 16.8 Å². The molecule has 1 N–H and O–H groups in total. The molecule has 5 heteroatoms. The number of hydrogen-bond acceptors (Lipinski definition) is 4. The number of aromatic nitrogens is 2. The molecule has 120 valence electrons. The number of fused-ring (bicyclic) bond motifs is 1. The number of hydrogen-bond donors (Lipinski definition) is 1. The van der Waals surface area contributed by atoms with Gasteiger partial charge in [-0.2, -0.15) is 0 Å². The first kappa shape index (κ1) is 14.6. The van der Waals surface area contributed by atoms with Gasteiger partial charge in [0, 0.05) is 48.7 Å². The maximum Gasteiger partial charge on any atom is 0.253 e. The van der Waals surface area contributed by atoms with Gasteiger partial charge in [0.2, 0.25) is 0 Å². The van der Waals surface area contributed by atoms with Crippen LogP contribution >= 0.6 is 0 Å². The minimum atomic E-state index is 0.0799. The lowest BCUT2D eigenvalue weighted by atomic mass is 10.1. The van der Waals surface area contributed by atoms with Gasteiger partial charge in [-0.3, -0.25) is 14.8 Å². The van der Waals surface area contributed by atoms with Gasteiger partial charge in [0.25, 0.3) is 5.91 Å². The Labute approximate surface area is 140 Å². The third-order valence-electron chi connectivity index (χ3n) is 4.36. The first-order valence-electron chi connectivity index (χ1n) is 8.10. The average molecular weight is 318 g/mol. The van der Waals surface area contributed by atoms with Crippen LogP contribution in [-0.2, 0) is 0 Å². The van der Waals surface area contributed by atoms with Crippen molar-refractivity contribution in [2.75, 3.05) is 18.4 Å². The number of pyridine rings is 2. The van der Waals surface area contributed by atoms with Crippen LogP contribution in [0.3, 0.4) is 0 Å². The molecule has 1 atom stereocenters. The summed E-state index contributed by atoms with van der Waals surface area (Å²) < 4.78 is 0. The number of carbonyl (C=O) groups is 1. The van der Waals surface area contributed by atoms with Gasteiger partial charge < -0.3 is 10.2 Å². The molecule has 0 saturated carbocycles. The number of likely N-dealkylation sites (tertiary alicyclic amines) is 1. The number of carbonyl (C=O) groups excluding carboxylic acids is 1. The zero-order valence-corrected chi connectivity index (χ0v) is 13.2. The minimum Gasteiger partial charge on any atom is -0.379 e. The third-order valence-corrected chi connectivity index (χ3v) is 4.36. The van der Waals surface area contributed by atoms with E-state index in [4.69, 9.17) is 0 Å². The molecule has 0 spiro atoms. The Kier molecular flexibility index (Phi) is 3.83. The van der Waals surface area contributed by atoms with Crippen LogP contribution in [0.15, 0.2) is 61.1 Å². The molecule has 0 bridgehead atoms. The molecule has 4 rings (SSSR count). The van der Waals surface area contributed by atoms with Crippen molar-refractivity contribution in [1.29, 1.82) is 0 Å². The number of amides is 1. The van der Waals surface area contributed by atoms with E-state index in [2.05, 4.69) is 15.3 Å². The van der Waals surface area contributed by atoms with Crippen molar-refractivity contribution in [3.63, 3.8) is 0 Å². The van der Waals surface area contributed by atoms with Crippen LogP contribution in [0.5, 0.6) is 0 Å². The predicted octanol–water partition coefficient (Wildman–Crippen LogP) is 2.96. The van der Waals surface area contributed by atoms with E-state index in [9.17, 15) is 4.79 Å². The smallest absolute Gasteiger partial charge is 0.253 e. The standard InChI is InChI=1S/C19H18N4O/c24-19(15-5-6-18-14(11-15)3-1-9-21-18)23-10-7-17(13-23)22-16-4-2-8-20-12-16/h1-6,8-9,11-12,17,22H,7,10,13H2/t17-/m1/s1. The molecule has 3 aromatic rings. The highest BCUT2D eigenvalue weighted by molar-refractivity contribution is 5.98. The number of nitrogens with one attached hydrogen (secondary N) is 1. The van der Waals surface area contributed by atoms with Gasteiger partial charge in [-0.25, -0.2) is 0 Å².